The lowest BCUT2D eigenvalue weighted by Gasteiger charge is -2.04. The van der Waals surface area contributed by atoms with Crippen LogP contribution >= 0.6 is 11.6 Å². The zero-order chi connectivity index (χ0) is 16.4. The van der Waals surface area contributed by atoms with E-state index in [0.29, 0.717) is 16.5 Å². The minimum atomic E-state index is 0.460. The third kappa shape index (κ3) is 5.53. The summed E-state index contributed by atoms with van der Waals surface area (Å²) in [5.41, 5.74) is 9.13. The van der Waals surface area contributed by atoms with E-state index in [1.165, 1.54) is 6.42 Å². The molecular formula is C17H24ClN3. The Morgan fingerprint density at radius 3 is 2.19 bits per heavy atom. The number of nitriles is 1. The SMILES string of the molecule is CC.CCC.Cc1cc(Cl)ccc1-c1cc(C#N)[nH]c1N. The van der Waals surface area contributed by atoms with E-state index in [1.54, 1.807) is 6.07 Å². The first kappa shape index (κ1) is 19.1. The first-order valence-corrected chi connectivity index (χ1v) is 7.56. The van der Waals surface area contributed by atoms with Crippen molar-refractivity contribution < 1.29 is 0 Å². The zero-order valence-corrected chi connectivity index (χ0v) is 14.2. The smallest absolute Gasteiger partial charge is 0.119 e. The fourth-order valence-corrected chi connectivity index (χ4v) is 1.91. The Hall–Kier alpha value is -1.92. The van der Waals surface area contributed by atoms with Crippen molar-refractivity contribution in [2.24, 2.45) is 0 Å². The van der Waals surface area contributed by atoms with E-state index in [1.807, 2.05) is 45.0 Å². The Labute approximate surface area is 132 Å². The van der Waals surface area contributed by atoms with E-state index in [-0.39, 0.29) is 0 Å². The standard InChI is InChI=1S/C12H10ClN3.C3H8.C2H6/c1-7-4-8(13)2-3-10(7)11-5-9(6-14)16-12(11)15;1-3-2;1-2/h2-5,16H,15H2,1H3;3H2,1-2H3;1-2H3. The van der Waals surface area contributed by atoms with Gasteiger partial charge in [-0.3, -0.25) is 0 Å². The number of aromatic nitrogens is 1. The van der Waals surface area contributed by atoms with Crippen LogP contribution in [0.4, 0.5) is 5.82 Å². The summed E-state index contributed by atoms with van der Waals surface area (Å²) in [5.74, 6) is 0.502. The summed E-state index contributed by atoms with van der Waals surface area (Å²) in [4.78, 5) is 2.82. The van der Waals surface area contributed by atoms with Crippen molar-refractivity contribution >= 4 is 17.4 Å². The van der Waals surface area contributed by atoms with Crippen molar-refractivity contribution in [1.82, 2.24) is 4.98 Å². The van der Waals surface area contributed by atoms with E-state index in [2.05, 4.69) is 18.8 Å². The molecule has 3 nitrogen and oxygen atoms in total. The number of benzene rings is 1. The van der Waals surface area contributed by atoms with Crippen LogP contribution < -0.4 is 5.73 Å². The summed E-state index contributed by atoms with van der Waals surface area (Å²) in [5, 5.41) is 9.47. The molecule has 21 heavy (non-hydrogen) atoms. The molecule has 3 N–H and O–H groups in total. The maximum Gasteiger partial charge on any atom is 0.119 e. The van der Waals surface area contributed by atoms with E-state index < -0.39 is 0 Å². The first-order chi connectivity index (χ1) is 10.0. The topological polar surface area (TPSA) is 65.6 Å². The van der Waals surface area contributed by atoms with Gasteiger partial charge in [0, 0.05) is 10.6 Å². The second-order valence-corrected chi connectivity index (χ2v) is 4.72. The molecule has 0 amide bonds. The van der Waals surface area contributed by atoms with Crippen LogP contribution in [0, 0.1) is 18.3 Å². The molecule has 0 aliphatic carbocycles. The molecule has 0 aliphatic rings. The second-order valence-electron chi connectivity index (χ2n) is 4.29. The highest BCUT2D eigenvalue weighted by Gasteiger charge is 2.09. The average molecular weight is 306 g/mol. The van der Waals surface area contributed by atoms with Gasteiger partial charge in [-0.1, -0.05) is 51.8 Å². The quantitative estimate of drug-likeness (QED) is 0.726. The van der Waals surface area contributed by atoms with Crippen molar-refractivity contribution in [3.05, 3.63) is 40.5 Å². The Morgan fingerprint density at radius 2 is 1.76 bits per heavy atom. The van der Waals surface area contributed by atoms with Crippen molar-refractivity contribution in [3.63, 3.8) is 0 Å². The van der Waals surface area contributed by atoms with Crippen molar-refractivity contribution in [1.29, 1.82) is 5.26 Å². The summed E-state index contributed by atoms with van der Waals surface area (Å²) in [6, 6.07) is 9.35. The lowest BCUT2D eigenvalue weighted by atomic mass is 10.0. The minimum Gasteiger partial charge on any atom is -0.385 e. The molecule has 4 heteroatoms. The van der Waals surface area contributed by atoms with Gasteiger partial charge >= 0.3 is 0 Å². The Kier molecular flexibility index (Phi) is 9.00. The van der Waals surface area contributed by atoms with Gasteiger partial charge in [-0.25, -0.2) is 0 Å². The Balaban J connectivity index is 0.000000713. The molecule has 0 atom stereocenters. The number of aromatic amines is 1. The highest BCUT2D eigenvalue weighted by atomic mass is 35.5. The molecule has 1 heterocycles. The summed E-state index contributed by atoms with van der Waals surface area (Å²) in [6.07, 6.45) is 1.25. The van der Waals surface area contributed by atoms with Gasteiger partial charge in [-0.05, 0) is 36.2 Å². The molecule has 2 rings (SSSR count). The van der Waals surface area contributed by atoms with Crippen LogP contribution in [0.5, 0.6) is 0 Å². The molecule has 0 spiro atoms. The predicted octanol–water partition coefficient (Wildman–Crippen LogP) is 5.54. The number of hydrogen-bond acceptors (Lipinski definition) is 2. The molecule has 1 aromatic carbocycles. The number of rotatable bonds is 1. The summed E-state index contributed by atoms with van der Waals surface area (Å²) in [7, 11) is 0. The predicted molar refractivity (Wildman–Crippen MR) is 92.4 cm³/mol. The molecule has 0 unspecified atom stereocenters. The van der Waals surface area contributed by atoms with E-state index in [4.69, 9.17) is 22.6 Å². The summed E-state index contributed by atoms with van der Waals surface area (Å²) >= 11 is 5.89. The van der Waals surface area contributed by atoms with Gasteiger partial charge in [0.05, 0.1) is 0 Å². The number of nitrogens with two attached hydrogens (primary N) is 1. The van der Waals surface area contributed by atoms with Gasteiger partial charge in [-0.15, -0.1) is 0 Å². The lowest BCUT2D eigenvalue weighted by Crippen LogP contribution is -1.89. The van der Waals surface area contributed by atoms with E-state index in [9.17, 15) is 0 Å². The van der Waals surface area contributed by atoms with Gasteiger partial charge in [0.25, 0.3) is 0 Å². The summed E-state index contributed by atoms with van der Waals surface area (Å²) in [6.45, 7) is 10.2. The second kappa shape index (κ2) is 9.90. The third-order valence-corrected chi connectivity index (χ3v) is 2.68. The van der Waals surface area contributed by atoms with E-state index >= 15 is 0 Å². The number of H-pyrrole nitrogens is 1. The van der Waals surface area contributed by atoms with Crippen LogP contribution in [0.25, 0.3) is 11.1 Å². The summed E-state index contributed by atoms with van der Waals surface area (Å²) < 4.78 is 0. The van der Waals surface area contributed by atoms with E-state index in [0.717, 1.165) is 16.7 Å². The molecule has 0 saturated carbocycles. The van der Waals surface area contributed by atoms with Crippen LogP contribution in [0.2, 0.25) is 5.02 Å². The van der Waals surface area contributed by atoms with Gasteiger partial charge < -0.3 is 10.7 Å². The number of aryl methyl sites for hydroxylation is 1. The lowest BCUT2D eigenvalue weighted by molar-refractivity contribution is 1.09. The van der Waals surface area contributed by atoms with Crippen molar-refractivity contribution in [2.45, 2.75) is 41.0 Å². The Bertz CT molecular complexity index is 595. The molecule has 2 aromatic rings. The molecular weight excluding hydrogens is 282 g/mol. The molecule has 0 radical (unpaired) electrons. The fourth-order valence-electron chi connectivity index (χ4n) is 1.68. The van der Waals surface area contributed by atoms with Crippen molar-refractivity contribution in [2.75, 3.05) is 5.73 Å². The van der Waals surface area contributed by atoms with Gasteiger partial charge in [0.1, 0.15) is 17.6 Å². The zero-order valence-electron chi connectivity index (χ0n) is 13.4. The minimum absolute atomic E-state index is 0.460. The molecule has 0 bridgehead atoms. The molecule has 1 aromatic heterocycles. The number of nitrogen functional groups attached to an aromatic ring is 1. The number of anilines is 1. The fraction of sp³-hybridized carbons (Fsp3) is 0.353. The highest BCUT2D eigenvalue weighted by molar-refractivity contribution is 6.30. The van der Waals surface area contributed by atoms with Crippen LogP contribution in [-0.2, 0) is 0 Å². The maximum atomic E-state index is 8.78. The average Bonchev–Trinajstić information content (AvgIpc) is 2.83. The van der Waals surface area contributed by atoms with Crippen LogP contribution in [0.15, 0.2) is 24.3 Å². The van der Waals surface area contributed by atoms with Gasteiger partial charge in [0.2, 0.25) is 0 Å². The molecule has 114 valence electrons. The Morgan fingerprint density at radius 1 is 1.19 bits per heavy atom. The largest absolute Gasteiger partial charge is 0.385 e. The molecule has 0 aliphatic heterocycles. The normalized spacial score (nSPS) is 8.81. The number of halogens is 1. The third-order valence-electron chi connectivity index (χ3n) is 2.45. The van der Waals surface area contributed by atoms with Crippen LogP contribution in [-0.4, -0.2) is 4.98 Å². The van der Waals surface area contributed by atoms with Crippen LogP contribution in [0.1, 0.15) is 45.4 Å². The van der Waals surface area contributed by atoms with Crippen molar-refractivity contribution in [3.8, 4) is 17.2 Å². The first-order valence-electron chi connectivity index (χ1n) is 7.18. The molecule has 0 saturated heterocycles. The van der Waals surface area contributed by atoms with Gasteiger partial charge in [0.15, 0.2) is 0 Å². The highest BCUT2D eigenvalue weighted by Crippen LogP contribution is 2.30. The maximum absolute atomic E-state index is 8.78. The number of nitrogens with one attached hydrogen (secondary N) is 1. The molecule has 0 fully saturated rings. The van der Waals surface area contributed by atoms with Gasteiger partial charge in [-0.2, -0.15) is 5.26 Å². The number of nitrogens with zero attached hydrogens (tertiary/aromatic N) is 1. The monoisotopic (exact) mass is 305 g/mol. The number of hydrogen-bond donors (Lipinski definition) is 2. The van der Waals surface area contributed by atoms with Crippen LogP contribution in [0.3, 0.4) is 0 Å².